The lowest BCUT2D eigenvalue weighted by Crippen LogP contribution is -2.35. The second kappa shape index (κ2) is 7.69. The van der Waals surface area contributed by atoms with Gasteiger partial charge in [-0.25, -0.2) is 5.32 Å². The Bertz CT molecular complexity index is 1530. The number of aromatic amines is 1. The minimum absolute atomic E-state index is 0.00633. The first-order valence-corrected chi connectivity index (χ1v) is 10.1. The van der Waals surface area contributed by atoms with E-state index in [1.54, 1.807) is 30.3 Å². The normalized spacial score (nSPS) is 10.9. The fourth-order valence-electron chi connectivity index (χ4n) is 3.80. The number of fused-ring (bicyclic) bond motifs is 3. The van der Waals surface area contributed by atoms with Gasteiger partial charge in [0.1, 0.15) is 23.0 Å². The Kier molecular flexibility index (Phi) is 4.70. The van der Waals surface area contributed by atoms with E-state index in [2.05, 4.69) is 16.4 Å². The molecule has 0 saturated carbocycles. The lowest BCUT2D eigenvalue weighted by molar-refractivity contribution is -0.550. The molecule has 0 spiro atoms. The van der Waals surface area contributed by atoms with Crippen molar-refractivity contribution in [3.05, 3.63) is 99.6 Å². The number of hydrogen-bond acceptors (Lipinski definition) is 4. The van der Waals surface area contributed by atoms with Crippen molar-refractivity contribution in [2.24, 2.45) is 0 Å². The Morgan fingerprint density at radius 2 is 1.72 bits per heavy atom. The Labute approximate surface area is 187 Å². The molecule has 5 rings (SSSR count). The van der Waals surface area contributed by atoms with Crippen LogP contribution in [-0.4, -0.2) is 9.91 Å². The molecule has 7 nitrogen and oxygen atoms in total. The summed E-state index contributed by atoms with van der Waals surface area (Å²) in [4.78, 5) is 14.1. The van der Waals surface area contributed by atoms with Crippen LogP contribution in [0.15, 0.2) is 78.9 Å². The standard InChI is InChI=1S/C24H14ClN5O2/c25-16-5-7-17(8-6-16)27-24-15(14-26)13-22-23(20-3-1-2-4-21(20)28-22)29(24)18-9-11-19(12-10-18)30(31)32/h1-13H,(H,27,28)/p+1. The number of para-hydroxylation sites is 1. The monoisotopic (exact) mass is 440 g/mol. The number of benzene rings is 3. The lowest BCUT2D eigenvalue weighted by Gasteiger charge is -2.11. The van der Waals surface area contributed by atoms with Crippen LogP contribution in [-0.2, 0) is 0 Å². The molecule has 0 saturated heterocycles. The van der Waals surface area contributed by atoms with Gasteiger partial charge in [0.05, 0.1) is 16.0 Å². The van der Waals surface area contributed by atoms with Crippen molar-refractivity contribution >= 4 is 50.7 Å². The van der Waals surface area contributed by atoms with Crippen molar-refractivity contribution in [3.63, 3.8) is 0 Å². The maximum atomic E-state index is 11.2. The minimum atomic E-state index is -0.436. The topological polar surface area (TPSA) is 98.6 Å². The lowest BCUT2D eigenvalue weighted by atomic mass is 10.1. The van der Waals surface area contributed by atoms with E-state index in [9.17, 15) is 15.4 Å². The molecule has 0 bridgehead atoms. The zero-order chi connectivity index (χ0) is 22.2. The molecular weight excluding hydrogens is 426 g/mol. The number of halogens is 1. The first-order chi connectivity index (χ1) is 15.5. The highest BCUT2D eigenvalue weighted by molar-refractivity contribution is 6.30. The average Bonchev–Trinajstić information content (AvgIpc) is 3.18. The van der Waals surface area contributed by atoms with Crippen LogP contribution < -0.4 is 9.88 Å². The number of nitro groups is 1. The van der Waals surface area contributed by atoms with Gasteiger partial charge in [-0.2, -0.15) is 9.83 Å². The smallest absolute Gasteiger partial charge is 0.303 e. The molecule has 5 aromatic rings. The highest BCUT2D eigenvalue weighted by atomic mass is 35.5. The number of rotatable bonds is 4. The SMILES string of the molecule is N#Cc1cc2[nH]c3ccccc3c2[n+](-c2ccc([N+](=O)[O-])cc2)c1Nc1ccc(Cl)cc1. The molecule has 0 aliphatic heterocycles. The van der Waals surface area contributed by atoms with Crippen LogP contribution in [0, 0.1) is 21.4 Å². The fraction of sp³-hybridized carbons (Fsp3) is 0. The van der Waals surface area contributed by atoms with Crippen molar-refractivity contribution in [2.75, 3.05) is 5.32 Å². The van der Waals surface area contributed by atoms with Crippen LogP contribution in [0.1, 0.15) is 5.56 Å². The molecule has 3 aromatic carbocycles. The van der Waals surface area contributed by atoms with Gasteiger partial charge in [-0.1, -0.05) is 23.7 Å². The third-order valence-corrected chi connectivity index (χ3v) is 5.50. The van der Waals surface area contributed by atoms with Gasteiger partial charge in [0, 0.05) is 22.5 Å². The van der Waals surface area contributed by atoms with Crippen LogP contribution in [0.2, 0.25) is 5.02 Å². The summed E-state index contributed by atoms with van der Waals surface area (Å²) in [6.07, 6.45) is 0. The summed E-state index contributed by atoms with van der Waals surface area (Å²) in [7, 11) is 0. The average molecular weight is 441 g/mol. The number of pyridine rings is 1. The summed E-state index contributed by atoms with van der Waals surface area (Å²) in [5.74, 6) is 0.543. The second-order valence-electron chi connectivity index (χ2n) is 7.19. The highest BCUT2D eigenvalue weighted by Crippen LogP contribution is 2.29. The van der Waals surface area contributed by atoms with E-state index in [0.717, 1.165) is 27.6 Å². The molecule has 0 fully saturated rings. The molecule has 154 valence electrons. The first-order valence-electron chi connectivity index (χ1n) is 9.72. The van der Waals surface area contributed by atoms with Gasteiger partial charge in [-0.05, 0) is 54.6 Å². The molecule has 0 aliphatic rings. The predicted molar refractivity (Wildman–Crippen MR) is 123 cm³/mol. The summed E-state index contributed by atoms with van der Waals surface area (Å²) in [5.41, 5.74) is 4.39. The van der Waals surface area contributed by atoms with Gasteiger partial charge >= 0.3 is 5.82 Å². The molecule has 0 radical (unpaired) electrons. The van der Waals surface area contributed by atoms with Crippen LogP contribution in [0.25, 0.3) is 27.6 Å². The molecule has 2 heterocycles. The number of nitrogens with one attached hydrogen (secondary N) is 2. The van der Waals surface area contributed by atoms with E-state index in [-0.39, 0.29) is 5.69 Å². The van der Waals surface area contributed by atoms with E-state index < -0.39 is 4.92 Å². The van der Waals surface area contributed by atoms with Crippen molar-refractivity contribution in [3.8, 4) is 11.8 Å². The van der Waals surface area contributed by atoms with Crippen molar-refractivity contribution in [1.29, 1.82) is 5.26 Å². The van der Waals surface area contributed by atoms with Crippen molar-refractivity contribution < 1.29 is 9.49 Å². The van der Waals surface area contributed by atoms with E-state index in [4.69, 9.17) is 11.6 Å². The predicted octanol–water partition coefficient (Wildman–Crippen LogP) is 5.77. The van der Waals surface area contributed by atoms with Gasteiger partial charge in [-0.15, -0.1) is 0 Å². The number of nitriles is 1. The number of non-ortho nitro benzene ring substituents is 1. The summed E-state index contributed by atoms with van der Waals surface area (Å²) >= 11 is 6.03. The molecule has 0 amide bonds. The quantitative estimate of drug-likeness (QED) is 0.210. The first kappa shape index (κ1) is 19.5. The largest absolute Gasteiger partial charge is 0.351 e. The van der Waals surface area contributed by atoms with Gasteiger partial charge < -0.3 is 4.98 Å². The molecule has 0 unspecified atom stereocenters. The zero-order valence-corrected chi connectivity index (χ0v) is 17.3. The Hall–Kier alpha value is -4.41. The van der Waals surface area contributed by atoms with Crippen LogP contribution in [0.3, 0.4) is 0 Å². The maximum absolute atomic E-state index is 11.2. The number of hydrogen-bond donors (Lipinski definition) is 2. The number of nitro benzene ring substituents is 1. The Balaban J connectivity index is 1.84. The maximum Gasteiger partial charge on any atom is 0.303 e. The van der Waals surface area contributed by atoms with E-state index in [1.165, 1.54) is 12.1 Å². The van der Waals surface area contributed by atoms with Crippen molar-refractivity contribution in [2.45, 2.75) is 0 Å². The third kappa shape index (κ3) is 3.29. The fourth-order valence-corrected chi connectivity index (χ4v) is 3.92. The molecule has 0 atom stereocenters. The van der Waals surface area contributed by atoms with Gasteiger partial charge in [0.15, 0.2) is 5.52 Å². The zero-order valence-electron chi connectivity index (χ0n) is 16.5. The van der Waals surface area contributed by atoms with E-state index in [1.807, 2.05) is 41.0 Å². The molecular formula is C24H15ClN5O2+. The van der Waals surface area contributed by atoms with Gasteiger partial charge in [-0.3, -0.25) is 10.1 Å². The number of H-pyrrole nitrogens is 1. The highest BCUT2D eigenvalue weighted by Gasteiger charge is 2.25. The number of nitrogens with zero attached hydrogens (tertiary/aromatic N) is 3. The van der Waals surface area contributed by atoms with Crippen LogP contribution >= 0.6 is 11.6 Å². The molecule has 2 aromatic heterocycles. The van der Waals surface area contributed by atoms with Crippen LogP contribution in [0.4, 0.5) is 17.2 Å². The van der Waals surface area contributed by atoms with Gasteiger partial charge in [0.25, 0.3) is 5.69 Å². The molecule has 32 heavy (non-hydrogen) atoms. The van der Waals surface area contributed by atoms with E-state index in [0.29, 0.717) is 22.1 Å². The number of anilines is 2. The Morgan fingerprint density at radius 1 is 1.00 bits per heavy atom. The molecule has 0 aliphatic carbocycles. The Morgan fingerprint density at radius 3 is 2.41 bits per heavy atom. The summed E-state index contributed by atoms with van der Waals surface area (Å²) < 4.78 is 1.91. The molecule has 2 N–H and O–H groups in total. The van der Waals surface area contributed by atoms with E-state index >= 15 is 0 Å². The summed E-state index contributed by atoms with van der Waals surface area (Å²) in [6.45, 7) is 0. The van der Waals surface area contributed by atoms with Gasteiger partial charge in [0.2, 0.25) is 0 Å². The summed E-state index contributed by atoms with van der Waals surface area (Å²) in [5, 5.41) is 26.0. The third-order valence-electron chi connectivity index (χ3n) is 5.24. The van der Waals surface area contributed by atoms with Crippen LogP contribution in [0.5, 0.6) is 0 Å². The minimum Gasteiger partial charge on any atom is -0.351 e. The molecule has 8 heteroatoms. The second-order valence-corrected chi connectivity index (χ2v) is 7.63. The number of aromatic nitrogens is 2. The summed E-state index contributed by atoms with van der Waals surface area (Å²) in [6, 6.07) is 25.3. The van der Waals surface area contributed by atoms with Crippen molar-refractivity contribution in [1.82, 2.24) is 4.98 Å².